The standard InChI is InChI=1S/C15H24N2O2S/c1-4-19-14(18)6-5-13-10-20-15(16-13)17-8-7-12(9-17)11(2)3/h10-12H,4-9H2,1-3H3. The van der Waals surface area contributed by atoms with Crippen LogP contribution >= 0.6 is 11.3 Å². The van der Waals surface area contributed by atoms with Crippen molar-refractivity contribution in [2.45, 2.75) is 40.0 Å². The first kappa shape index (κ1) is 15.3. The quantitative estimate of drug-likeness (QED) is 0.756. The average molecular weight is 296 g/mol. The molecule has 1 fully saturated rings. The van der Waals surface area contributed by atoms with E-state index in [1.165, 1.54) is 6.42 Å². The second kappa shape index (κ2) is 7.07. The maximum Gasteiger partial charge on any atom is 0.306 e. The molecule has 1 unspecified atom stereocenters. The van der Waals surface area contributed by atoms with Crippen LogP contribution in [0.1, 0.15) is 39.3 Å². The van der Waals surface area contributed by atoms with Crippen molar-refractivity contribution in [2.24, 2.45) is 11.8 Å². The van der Waals surface area contributed by atoms with Gasteiger partial charge in [0.1, 0.15) is 0 Å². The fourth-order valence-electron chi connectivity index (χ4n) is 2.52. The number of aryl methyl sites for hydroxylation is 1. The van der Waals surface area contributed by atoms with Gasteiger partial charge in [0.25, 0.3) is 0 Å². The second-order valence-corrected chi connectivity index (χ2v) is 6.50. The highest BCUT2D eigenvalue weighted by molar-refractivity contribution is 7.13. The summed E-state index contributed by atoms with van der Waals surface area (Å²) in [5.74, 6) is 1.38. The number of hydrogen-bond donors (Lipinski definition) is 0. The van der Waals surface area contributed by atoms with E-state index in [0.29, 0.717) is 19.4 Å². The van der Waals surface area contributed by atoms with Gasteiger partial charge in [-0.1, -0.05) is 13.8 Å². The number of esters is 1. The molecule has 1 aromatic rings. The second-order valence-electron chi connectivity index (χ2n) is 5.67. The smallest absolute Gasteiger partial charge is 0.306 e. The van der Waals surface area contributed by atoms with Crippen LogP contribution in [-0.2, 0) is 16.0 Å². The maximum absolute atomic E-state index is 11.3. The number of anilines is 1. The highest BCUT2D eigenvalue weighted by Crippen LogP contribution is 2.30. The van der Waals surface area contributed by atoms with Crippen LogP contribution in [-0.4, -0.2) is 30.6 Å². The molecule has 1 saturated heterocycles. The fourth-order valence-corrected chi connectivity index (χ4v) is 3.42. The van der Waals surface area contributed by atoms with E-state index < -0.39 is 0 Å². The Morgan fingerprint density at radius 2 is 2.40 bits per heavy atom. The van der Waals surface area contributed by atoms with Crippen LogP contribution in [0.4, 0.5) is 5.13 Å². The number of rotatable bonds is 6. The summed E-state index contributed by atoms with van der Waals surface area (Å²) in [7, 11) is 0. The van der Waals surface area contributed by atoms with Crippen LogP contribution in [0.25, 0.3) is 0 Å². The molecule has 1 aliphatic rings. The van der Waals surface area contributed by atoms with Crippen LogP contribution < -0.4 is 4.90 Å². The molecule has 0 aliphatic carbocycles. The van der Waals surface area contributed by atoms with Gasteiger partial charge in [0, 0.05) is 24.9 Å². The molecule has 5 heteroatoms. The maximum atomic E-state index is 11.3. The molecule has 20 heavy (non-hydrogen) atoms. The molecular formula is C15H24N2O2S. The van der Waals surface area contributed by atoms with E-state index >= 15 is 0 Å². The van der Waals surface area contributed by atoms with Gasteiger partial charge in [0.2, 0.25) is 0 Å². The van der Waals surface area contributed by atoms with Crippen molar-refractivity contribution in [3.63, 3.8) is 0 Å². The van der Waals surface area contributed by atoms with Gasteiger partial charge in [-0.3, -0.25) is 4.79 Å². The molecule has 0 radical (unpaired) electrons. The van der Waals surface area contributed by atoms with Crippen LogP contribution in [0.3, 0.4) is 0 Å². The number of thiazole rings is 1. The summed E-state index contributed by atoms with van der Waals surface area (Å²) in [5.41, 5.74) is 1.01. The van der Waals surface area contributed by atoms with Crippen LogP contribution in [0, 0.1) is 11.8 Å². The molecule has 0 bridgehead atoms. The lowest BCUT2D eigenvalue weighted by molar-refractivity contribution is -0.143. The van der Waals surface area contributed by atoms with Gasteiger partial charge in [0.15, 0.2) is 5.13 Å². The van der Waals surface area contributed by atoms with E-state index in [1.54, 1.807) is 11.3 Å². The van der Waals surface area contributed by atoms with Gasteiger partial charge in [-0.15, -0.1) is 11.3 Å². The van der Waals surface area contributed by atoms with E-state index in [-0.39, 0.29) is 5.97 Å². The van der Waals surface area contributed by atoms with E-state index in [9.17, 15) is 4.79 Å². The lowest BCUT2D eigenvalue weighted by atomic mass is 9.95. The van der Waals surface area contributed by atoms with Crippen LogP contribution in [0.15, 0.2) is 5.38 Å². The number of carbonyl (C=O) groups excluding carboxylic acids is 1. The molecule has 1 atom stereocenters. The van der Waals surface area contributed by atoms with Gasteiger partial charge in [-0.25, -0.2) is 4.98 Å². The predicted octanol–water partition coefficient (Wildman–Crippen LogP) is 3.12. The lowest BCUT2D eigenvalue weighted by Crippen LogP contribution is -2.21. The minimum atomic E-state index is -0.136. The first-order chi connectivity index (χ1) is 9.60. The summed E-state index contributed by atoms with van der Waals surface area (Å²) in [6, 6.07) is 0. The fraction of sp³-hybridized carbons (Fsp3) is 0.733. The molecule has 0 spiro atoms. The number of nitrogens with zero attached hydrogens (tertiary/aromatic N) is 2. The molecule has 4 nitrogen and oxygen atoms in total. The Balaban J connectivity index is 1.85. The summed E-state index contributed by atoms with van der Waals surface area (Å²) in [4.78, 5) is 18.4. The lowest BCUT2D eigenvalue weighted by Gasteiger charge is -2.16. The van der Waals surface area contributed by atoms with Crippen molar-refractivity contribution < 1.29 is 9.53 Å². The molecule has 112 valence electrons. The first-order valence-electron chi connectivity index (χ1n) is 7.45. The average Bonchev–Trinajstić information content (AvgIpc) is 3.05. The largest absolute Gasteiger partial charge is 0.466 e. The number of ether oxygens (including phenoxy) is 1. The monoisotopic (exact) mass is 296 g/mol. The molecule has 0 amide bonds. The van der Waals surface area contributed by atoms with Crippen molar-refractivity contribution in [1.29, 1.82) is 0 Å². The van der Waals surface area contributed by atoms with Gasteiger partial charge >= 0.3 is 5.97 Å². The van der Waals surface area contributed by atoms with Gasteiger partial charge in [-0.2, -0.15) is 0 Å². The molecular weight excluding hydrogens is 272 g/mol. The third-order valence-corrected chi connectivity index (χ3v) is 4.82. The third kappa shape index (κ3) is 3.95. The van der Waals surface area contributed by atoms with Crippen molar-refractivity contribution in [2.75, 3.05) is 24.6 Å². The highest BCUT2D eigenvalue weighted by atomic mass is 32.1. The minimum Gasteiger partial charge on any atom is -0.466 e. The Hall–Kier alpha value is -1.10. The van der Waals surface area contributed by atoms with E-state index in [0.717, 1.165) is 35.8 Å². The number of carbonyl (C=O) groups is 1. The van der Waals surface area contributed by atoms with Crippen molar-refractivity contribution in [3.8, 4) is 0 Å². The molecule has 0 aromatic carbocycles. The van der Waals surface area contributed by atoms with E-state index in [4.69, 9.17) is 4.74 Å². The molecule has 2 heterocycles. The Morgan fingerprint density at radius 1 is 1.60 bits per heavy atom. The normalized spacial score (nSPS) is 18.8. The van der Waals surface area contributed by atoms with Gasteiger partial charge in [-0.05, 0) is 25.2 Å². The van der Waals surface area contributed by atoms with Crippen molar-refractivity contribution in [3.05, 3.63) is 11.1 Å². The summed E-state index contributed by atoms with van der Waals surface area (Å²) in [6.45, 7) is 9.08. The van der Waals surface area contributed by atoms with E-state index in [1.807, 2.05) is 6.92 Å². The van der Waals surface area contributed by atoms with Crippen LogP contribution in [0.5, 0.6) is 0 Å². The summed E-state index contributed by atoms with van der Waals surface area (Å²) in [6.07, 6.45) is 2.36. The number of aromatic nitrogens is 1. The van der Waals surface area contributed by atoms with Crippen molar-refractivity contribution in [1.82, 2.24) is 4.98 Å². The summed E-state index contributed by atoms with van der Waals surface area (Å²) in [5, 5.41) is 3.17. The SMILES string of the molecule is CCOC(=O)CCc1csc(N2CCC(C(C)C)C2)n1. The summed E-state index contributed by atoms with van der Waals surface area (Å²) >= 11 is 1.69. The number of hydrogen-bond acceptors (Lipinski definition) is 5. The van der Waals surface area contributed by atoms with Gasteiger partial charge < -0.3 is 9.64 Å². The first-order valence-corrected chi connectivity index (χ1v) is 8.33. The Morgan fingerprint density at radius 3 is 3.05 bits per heavy atom. The van der Waals surface area contributed by atoms with E-state index in [2.05, 4.69) is 29.1 Å². The third-order valence-electron chi connectivity index (χ3n) is 3.87. The zero-order valence-electron chi connectivity index (χ0n) is 12.6. The molecule has 1 aromatic heterocycles. The summed E-state index contributed by atoms with van der Waals surface area (Å²) < 4.78 is 4.94. The molecule has 0 saturated carbocycles. The Kier molecular flexibility index (Phi) is 5.40. The zero-order valence-corrected chi connectivity index (χ0v) is 13.4. The van der Waals surface area contributed by atoms with Crippen molar-refractivity contribution >= 4 is 22.4 Å². The molecule has 0 N–H and O–H groups in total. The van der Waals surface area contributed by atoms with Crippen LogP contribution in [0.2, 0.25) is 0 Å². The minimum absolute atomic E-state index is 0.136. The molecule has 2 rings (SSSR count). The Labute approximate surface area is 125 Å². The Bertz CT molecular complexity index is 445. The van der Waals surface area contributed by atoms with Gasteiger partial charge in [0.05, 0.1) is 18.7 Å². The topological polar surface area (TPSA) is 42.4 Å². The highest BCUT2D eigenvalue weighted by Gasteiger charge is 2.26. The zero-order chi connectivity index (χ0) is 14.5. The predicted molar refractivity (Wildman–Crippen MR) is 82.2 cm³/mol. The molecule has 1 aliphatic heterocycles.